The minimum absolute atomic E-state index is 0.133. The Labute approximate surface area is 93.3 Å². The number of aromatic amines is 1. The molecule has 6 heteroatoms. The SMILES string of the molecule is O=C(O)c1cc2cc(F)c(Cl)cc2[nH]c1=O. The molecule has 0 aliphatic heterocycles. The first kappa shape index (κ1) is 10.6. The average Bonchev–Trinajstić information content (AvgIpc) is 2.19. The van der Waals surface area contributed by atoms with Crippen LogP contribution in [-0.2, 0) is 0 Å². The first-order valence-electron chi connectivity index (χ1n) is 4.24. The van der Waals surface area contributed by atoms with Crippen molar-refractivity contribution in [3.63, 3.8) is 0 Å². The summed E-state index contributed by atoms with van der Waals surface area (Å²) in [5.74, 6) is -2.03. The number of benzene rings is 1. The van der Waals surface area contributed by atoms with Crippen LogP contribution in [-0.4, -0.2) is 16.1 Å². The molecule has 0 fully saturated rings. The standard InChI is InChI=1S/C10H5ClFNO3/c11-6-3-8-4(2-7(6)12)1-5(10(15)16)9(14)13-8/h1-3H,(H,13,14)(H,15,16). The number of carboxylic acids is 1. The molecule has 0 saturated heterocycles. The Morgan fingerprint density at radius 1 is 1.38 bits per heavy atom. The molecular formula is C10H5ClFNO3. The Bertz CT molecular complexity index is 650. The molecule has 1 heterocycles. The highest BCUT2D eigenvalue weighted by molar-refractivity contribution is 6.31. The lowest BCUT2D eigenvalue weighted by atomic mass is 10.1. The average molecular weight is 242 g/mol. The van der Waals surface area contributed by atoms with E-state index in [0.717, 1.165) is 12.1 Å². The molecule has 0 aliphatic carbocycles. The Kier molecular flexibility index (Phi) is 2.40. The van der Waals surface area contributed by atoms with E-state index in [9.17, 15) is 14.0 Å². The van der Waals surface area contributed by atoms with Crippen molar-refractivity contribution in [3.8, 4) is 0 Å². The van der Waals surface area contributed by atoms with Crippen molar-refractivity contribution in [3.05, 3.63) is 45.0 Å². The number of hydrogen-bond acceptors (Lipinski definition) is 2. The first-order valence-corrected chi connectivity index (χ1v) is 4.62. The summed E-state index contributed by atoms with van der Waals surface area (Å²) in [6.07, 6.45) is 0. The van der Waals surface area contributed by atoms with Crippen LogP contribution in [0.5, 0.6) is 0 Å². The van der Waals surface area contributed by atoms with E-state index in [4.69, 9.17) is 16.7 Å². The van der Waals surface area contributed by atoms with Crippen molar-refractivity contribution in [2.75, 3.05) is 0 Å². The van der Waals surface area contributed by atoms with Gasteiger partial charge in [-0.1, -0.05) is 11.6 Å². The molecule has 0 unspecified atom stereocenters. The minimum Gasteiger partial charge on any atom is -0.477 e. The number of aromatic nitrogens is 1. The van der Waals surface area contributed by atoms with Gasteiger partial charge < -0.3 is 10.1 Å². The number of halogens is 2. The largest absolute Gasteiger partial charge is 0.477 e. The topological polar surface area (TPSA) is 70.2 Å². The van der Waals surface area contributed by atoms with E-state index in [0.29, 0.717) is 5.52 Å². The van der Waals surface area contributed by atoms with Crippen molar-refractivity contribution >= 4 is 28.5 Å². The molecule has 0 spiro atoms. The monoisotopic (exact) mass is 241 g/mol. The van der Waals surface area contributed by atoms with Gasteiger partial charge in [0.25, 0.3) is 5.56 Å². The summed E-state index contributed by atoms with van der Waals surface area (Å²) in [5, 5.41) is 8.85. The van der Waals surface area contributed by atoms with Gasteiger partial charge in [0.05, 0.1) is 10.5 Å². The van der Waals surface area contributed by atoms with Crippen LogP contribution in [0.25, 0.3) is 10.9 Å². The molecular weight excluding hydrogens is 237 g/mol. The van der Waals surface area contributed by atoms with Gasteiger partial charge in [0.2, 0.25) is 0 Å². The summed E-state index contributed by atoms with van der Waals surface area (Å²) in [6.45, 7) is 0. The number of hydrogen-bond donors (Lipinski definition) is 2. The summed E-state index contributed by atoms with van der Waals surface area (Å²) in [4.78, 5) is 24.3. The van der Waals surface area contributed by atoms with Crippen molar-refractivity contribution in [1.82, 2.24) is 4.98 Å². The second-order valence-corrected chi connectivity index (χ2v) is 3.58. The molecule has 1 aromatic heterocycles. The third-order valence-electron chi connectivity index (χ3n) is 2.12. The van der Waals surface area contributed by atoms with Gasteiger partial charge in [0.1, 0.15) is 11.4 Å². The lowest BCUT2D eigenvalue weighted by Crippen LogP contribution is -2.16. The highest BCUT2D eigenvalue weighted by atomic mass is 35.5. The van der Waals surface area contributed by atoms with Crippen molar-refractivity contribution in [2.45, 2.75) is 0 Å². The van der Waals surface area contributed by atoms with Crippen LogP contribution in [0.3, 0.4) is 0 Å². The van der Waals surface area contributed by atoms with E-state index in [2.05, 4.69) is 4.98 Å². The molecule has 1 aromatic carbocycles. The summed E-state index contributed by atoms with van der Waals surface area (Å²) >= 11 is 5.53. The number of carbonyl (C=O) groups is 1. The van der Waals surface area contributed by atoms with Gasteiger partial charge in [-0.25, -0.2) is 9.18 Å². The lowest BCUT2D eigenvalue weighted by Gasteiger charge is -2.01. The van der Waals surface area contributed by atoms with Crippen LogP contribution in [0.15, 0.2) is 23.0 Å². The molecule has 82 valence electrons. The van der Waals surface area contributed by atoms with Gasteiger partial charge in [-0.2, -0.15) is 0 Å². The molecule has 2 rings (SSSR count). The molecule has 2 aromatic rings. The third-order valence-corrected chi connectivity index (χ3v) is 2.41. The summed E-state index contributed by atoms with van der Waals surface area (Å²) in [6, 6.07) is 3.41. The second-order valence-electron chi connectivity index (χ2n) is 3.17. The molecule has 0 radical (unpaired) electrons. The first-order chi connectivity index (χ1) is 7.49. The number of rotatable bonds is 1. The summed E-state index contributed by atoms with van der Waals surface area (Å²) in [5.41, 5.74) is -0.890. The number of aromatic carboxylic acids is 1. The van der Waals surface area contributed by atoms with Crippen molar-refractivity contribution in [2.24, 2.45) is 0 Å². The summed E-state index contributed by atoms with van der Waals surface area (Å²) < 4.78 is 13.1. The highest BCUT2D eigenvalue weighted by Crippen LogP contribution is 2.20. The van der Waals surface area contributed by atoms with Gasteiger partial charge in [-0.3, -0.25) is 4.79 Å². The fraction of sp³-hybridized carbons (Fsp3) is 0. The molecule has 16 heavy (non-hydrogen) atoms. The molecule has 0 atom stereocenters. The van der Waals surface area contributed by atoms with Crippen molar-refractivity contribution in [1.29, 1.82) is 0 Å². The van der Waals surface area contributed by atoms with Crippen LogP contribution < -0.4 is 5.56 Å². The van der Waals surface area contributed by atoms with E-state index >= 15 is 0 Å². The Morgan fingerprint density at radius 3 is 2.69 bits per heavy atom. The number of nitrogens with one attached hydrogen (secondary N) is 1. The fourth-order valence-electron chi connectivity index (χ4n) is 1.36. The molecule has 0 aliphatic rings. The maximum atomic E-state index is 13.1. The Balaban J connectivity index is 2.85. The smallest absolute Gasteiger partial charge is 0.341 e. The Hall–Kier alpha value is -1.88. The Morgan fingerprint density at radius 2 is 2.06 bits per heavy atom. The van der Waals surface area contributed by atoms with Crippen LogP contribution in [0.1, 0.15) is 10.4 Å². The van der Waals surface area contributed by atoms with Crippen LogP contribution in [0.4, 0.5) is 4.39 Å². The van der Waals surface area contributed by atoms with Crippen LogP contribution >= 0.6 is 11.6 Å². The van der Waals surface area contributed by atoms with Gasteiger partial charge in [-0.05, 0) is 18.2 Å². The molecule has 0 amide bonds. The maximum absolute atomic E-state index is 13.1. The molecule has 0 saturated carbocycles. The normalized spacial score (nSPS) is 10.6. The van der Waals surface area contributed by atoms with Gasteiger partial charge in [-0.15, -0.1) is 0 Å². The van der Waals surface area contributed by atoms with Gasteiger partial charge in [0, 0.05) is 5.39 Å². The van der Waals surface area contributed by atoms with Gasteiger partial charge in [0.15, 0.2) is 0 Å². The van der Waals surface area contributed by atoms with E-state index in [-0.39, 0.29) is 10.4 Å². The molecule has 4 nitrogen and oxygen atoms in total. The zero-order valence-corrected chi connectivity index (χ0v) is 8.51. The predicted molar refractivity (Wildman–Crippen MR) is 56.5 cm³/mol. The molecule has 2 N–H and O–H groups in total. The zero-order chi connectivity index (χ0) is 11.9. The number of H-pyrrole nitrogens is 1. The predicted octanol–water partition coefficient (Wildman–Crippen LogP) is 2.02. The summed E-state index contributed by atoms with van der Waals surface area (Å²) in [7, 11) is 0. The number of fused-ring (bicyclic) bond motifs is 1. The van der Waals surface area contributed by atoms with Crippen LogP contribution in [0, 0.1) is 5.82 Å². The quantitative estimate of drug-likeness (QED) is 0.802. The van der Waals surface area contributed by atoms with E-state index in [1.165, 1.54) is 6.07 Å². The maximum Gasteiger partial charge on any atom is 0.341 e. The minimum atomic E-state index is -1.36. The number of pyridine rings is 1. The van der Waals surface area contributed by atoms with E-state index in [1.807, 2.05) is 0 Å². The number of carboxylic acid groups (broad SMARTS) is 1. The highest BCUT2D eigenvalue weighted by Gasteiger charge is 2.11. The van der Waals surface area contributed by atoms with E-state index in [1.54, 1.807) is 0 Å². The van der Waals surface area contributed by atoms with Crippen molar-refractivity contribution < 1.29 is 14.3 Å². The lowest BCUT2D eigenvalue weighted by molar-refractivity contribution is 0.0695. The molecule has 0 bridgehead atoms. The van der Waals surface area contributed by atoms with E-state index < -0.39 is 22.9 Å². The fourth-order valence-corrected chi connectivity index (χ4v) is 1.52. The third kappa shape index (κ3) is 1.65. The van der Waals surface area contributed by atoms with Crippen LogP contribution in [0.2, 0.25) is 5.02 Å². The zero-order valence-electron chi connectivity index (χ0n) is 7.75. The second kappa shape index (κ2) is 3.61. The van der Waals surface area contributed by atoms with Gasteiger partial charge >= 0.3 is 5.97 Å².